The van der Waals surface area contributed by atoms with Crippen molar-refractivity contribution < 1.29 is 4.42 Å². The van der Waals surface area contributed by atoms with Crippen molar-refractivity contribution in [2.45, 2.75) is 0 Å². The van der Waals surface area contributed by atoms with Crippen LogP contribution >= 0.6 is 0 Å². The van der Waals surface area contributed by atoms with E-state index in [1.807, 2.05) is 36.4 Å². The molecule has 0 amide bonds. The van der Waals surface area contributed by atoms with Gasteiger partial charge in [0.25, 0.3) is 0 Å². The molecule has 6 heteroatoms. The first-order valence-corrected chi connectivity index (χ1v) is 23.3. The van der Waals surface area contributed by atoms with Crippen molar-refractivity contribution in [1.82, 2.24) is 24.1 Å². The third-order valence-corrected chi connectivity index (χ3v) is 13.6. The van der Waals surface area contributed by atoms with E-state index in [2.05, 4.69) is 209 Å². The van der Waals surface area contributed by atoms with Gasteiger partial charge in [-0.25, -0.2) is 15.0 Å². The molecule has 0 radical (unpaired) electrons. The van der Waals surface area contributed by atoms with Crippen LogP contribution in [0.15, 0.2) is 241 Å². The molecule has 10 aromatic carbocycles. The Balaban J connectivity index is 1.03. The maximum Gasteiger partial charge on any atom is 0.164 e. The van der Waals surface area contributed by atoms with Crippen LogP contribution in [0.25, 0.3) is 133 Å². The largest absolute Gasteiger partial charge is 0.456 e. The first-order valence-electron chi connectivity index (χ1n) is 23.3. The van der Waals surface area contributed by atoms with E-state index < -0.39 is 0 Å². The van der Waals surface area contributed by atoms with Gasteiger partial charge in [0.05, 0.1) is 27.8 Å². The second-order valence-electron chi connectivity index (χ2n) is 17.5. The van der Waals surface area contributed by atoms with Gasteiger partial charge in [0.2, 0.25) is 0 Å². The quantitative estimate of drug-likeness (QED) is 0.160. The summed E-state index contributed by atoms with van der Waals surface area (Å²) >= 11 is 0. The molecule has 4 heterocycles. The van der Waals surface area contributed by atoms with E-state index in [-0.39, 0.29) is 0 Å². The lowest BCUT2D eigenvalue weighted by molar-refractivity contribution is 0.669. The first kappa shape index (κ1) is 38.8. The fourth-order valence-electron chi connectivity index (χ4n) is 10.5. The highest BCUT2D eigenvalue weighted by Crippen LogP contribution is 2.43. The normalized spacial score (nSPS) is 11.8. The second kappa shape index (κ2) is 15.6. The first-order chi connectivity index (χ1) is 34.2. The van der Waals surface area contributed by atoms with Crippen molar-refractivity contribution in [3.63, 3.8) is 0 Å². The Hall–Kier alpha value is -9.39. The zero-order valence-corrected chi connectivity index (χ0v) is 37.2. The van der Waals surface area contributed by atoms with E-state index >= 15 is 0 Å². The van der Waals surface area contributed by atoms with Crippen LogP contribution in [0.4, 0.5) is 0 Å². The van der Waals surface area contributed by atoms with E-state index in [0.29, 0.717) is 17.5 Å². The summed E-state index contributed by atoms with van der Waals surface area (Å²) in [6, 6.07) is 83.4. The molecule has 6 nitrogen and oxygen atoms in total. The lowest BCUT2D eigenvalue weighted by Crippen LogP contribution is -2.02. The van der Waals surface area contributed by atoms with Gasteiger partial charge < -0.3 is 13.6 Å². The van der Waals surface area contributed by atoms with Crippen LogP contribution in [0.3, 0.4) is 0 Å². The van der Waals surface area contributed by atoms with E-state index in [9.17, 15) is 0 Å². The van der Waals surface area contributed by atoms with Gasteiger partial charge in [-0.3, -0.25) is 0 Å². The highest BCUT2D eigenvalue weighted by molar-refractivity contribution is 6.18. The molecule has 0 spiro atoms. The molecule has 14 rings (SSSR count). The minimum absolute atomic E-state index is 0.574. The van der Waals surface area contributed by atoms with Crippen molar-refractivity contribution in [3.8, 4) is 67.8 Å². The molecular weight excluding hydrogens is 843 g/mol. The van der Waals surface area contributed by atoms with Gasteiger partial charge in [-0.2, -0.15) is 0 Å². The minimum Gasteiger partial charge on any atom is -0.456 e. The Morgan fingerprint density at radius 2 is 0.812 bits per heavy atom. The molecule has 0 aliphatic rings. The molecule has 0 saturated heterocycles. The van der Waals surface area contributed by atoms with E-state index in [0.717, 1.165) is 99.5 Å². The molecule has 0 saturated carbocycles. The van der Waals surface area contributed by atoms with E-state index in [1.54, 1.807) is 0 Å². The minimum atomic E-state index is 0.574. The fourth-order valence-corrected chi connectivity index (χ4v) is 10.5. The topological polar surface area (TPSA) is 61.7 Å². The molecule has 0 bridgehead atoms. The summed E-state index contributed by atoms with van der Waals surface area (Å²) in [6.07, 6.45) is 0. The Kier molecular flexibility index (Phi) is 8.79. The third kappa shape index (κ3) is 6.23. The molecule has 14 aromatic rings. The number of fused-ring (bicyclic) bond motifs is 9. The Morgan fingerprint density at radius 1 is 0.304 bits per heavy atom. The maximum absolute atomic E-state index is 6.40. The number of benzene rings is 10. The number of aromatic nitrogens is 5. The van der Waals surface area contributed by atoms with Gasteiger partial charge in [0, 0.05) is 54.7 Å². The predicted molar refractivity (Wildman–Crippen MR) is 283 cm³/mol. The molecule has 0 aliphatic carbocycles. The van der Waals surface area contributed by atoms with Crippen LogP contribution in [-0.4, -0.2) is 24.1 Å². The monoisotopic (exact) mass is 881 g/mol. The fraction of sp³-hybridized carbons (Fsp3) is 0. The summed E-state index contributed by atoms with van der Waals surface area (Å²) < 4.78 is 11.3. The van der Waals surface area contributed by atoms with Gasteiger partial charge in [0.1, 0.15) is 11.2 Å². The summed E-state index contributed by atoms with van der Waals surface area (Å²) in [6.45, 7) is 0. The van der Waals surface area contributed by atoms with Gasteiger partial charge in [-0.15, -0.1) is 0 Å². The van der Waals surface area contributed by atoms with Crippen molar-refractivity contribution in [2.75, 3.05) is 0 Å². The van der Waals surface area contributed by atoms with Crippen LogP contribution in [0.5, 0.6) is 0 Å². The molecule has 0 unspecified atom stereocenters. The summed E-state index contributed by atoms with van der Waals surface area (Å²) in [5.41, 5.74) is 15.4. The smallest absolute Gasteiger partial charge is 0.164 e. The molecule has 69 heavy (non-hydrogen) atoms. The number of nitrogens with zero attached hydrogens (tertiary/aromatic N) is 5. The zero-order chi connectivity index (χ0) is 45.4. The molecule has 0 N–H and O–H groups in total. The lowest BCUT2D eigenvalue weighted by Gasteiger charge is -2.15. The summed E-state index contributed by atoms with van der Waals surface area (Å²) in [5, 5.41) is 6.53. The van der Waals surface area contributed by atoms with Crippen LogP contribution in [0.2, 0.25) is 0 Å². The van der Waals surface area contributed by atoms with Gasteiger partial charge in [0.15, 0.2) is 17.5 Å². The third-order valence-electron chi connectivity index (χ3n) is 13.6. The average Bonchev–Trinajstić information content (AvgIpc) is 4.09. The van der Waals surface area contributed by atoms with Crippen LogP contribution in [0.1, 0.15) is 0 Å². The van der Waals surface area contributed by atoms with Crippen LogP contribution in [0, 0.1) is 0 Å². The molecule has 322 valence electrons. The standard InChI is InChI=1S/C63H39N5O/c1-3-18-40(19-4-1)42-22-13-24-44(38-42)61-64-62(66-63(65-61)51-31-17-37-57-59(51)49-28-9-12-36-56(49)69-57)50-30-16-34-54-58(50)48-27-8-11-33-53(48)68(54)55-35-15-29-47-46-26-7-10-32-52(46)67(60(47)55)45-25-14-23-43(39-45)41-20-5-2-6-21-41/h1-39H. The zero-order valence-electron chi connectivity index (χ0n) is 37.2. The predicted octanol–water partition coefficient (Wildman–Crippen LogP) is 16.3. The van der Waals surface area contributed by atoms with Crippen LogP contribution in [-0.2, 0) is 0 Å². The second-order valence-corrected chi connectivity index (χ2v) is 17.5. The van der Waals surface area contributed by atoms with Crippen molar-refractivity contribution in [2.24, 2.45) is 0 Å². The molecule has 0 aliphatic heterocycles. The highest BCUT2D eigenvalue weighted by atomic mass is 16.3. The summed E-state index contributed by atoms with van der Waals surface area (Å²) in [4.78, 5) is 16.2. The Morgan fingerprint density at radius 3 is 1.58 bits per heavy atom. The summed E-state index contributed by atoms with van der Waals surface area (Å²) in [5.74, 6) is 1.75. The molecular formula is C63H39N5O. The Labute approximate surface area is 396 Å². The van der Waals surface area contributed by atoms with Crippen molar-refractivity contribution in [3.05, 3.63) is 237 Å². The van der Waals surface area contributed by atoms with Crippen LogP contribution < -0.4 is 0 Å². The van der Waals surface area contributed by atoms with Gasteiger partial charge in [-0.05, 0) is 76.9 Å². The van der Waals surface area contributed by atoms with Gasteiger partial charge >= 0.3 is 0 Å². The number of hydrogen-bond donors (Lipinski definition) is 0. The van der Waals surface area contributed by atoms with Crippen molar-refractivity contribution >= 4 is 65.6 Å². The van der Waals surface area contributed by atoms with E-state index in [4.69, 9.17) is 19.4 Å². The molecule has 0 fully saturated rings. The van der Waals surface area contributed by atoms with Crippen molar-refractivity contribution in [1.29, 1.82) is 0 Å². The average molecular weight is 882 g/mol. The number of furan rings is 1. The lowest BCUT2D eigenvalue weighted by atomic mass is 10.0. The number of para-hydroxylation sites is 4. The maximum atomic E-state index is 6.40. The Bertz CT molecular complexity index is 4320. The highest BCUT2D eigenvalue weighted by Gasteiger charge is 2.24. The molecule has 4 aromatic heterocycles. The number of hydrogen-bond acceptors (Lipinski definition) is 4. The summed E-state index contributed by atoms with van der Waals surface area (Å²) in [7, 11) is 0. The number of rotatable bonds is 7. The van der Waals surface area contributed by atoms with Gasteiger partial charge in [-0.1, -0.05) is 182 Å². The SMILES string of the molecule is c1ccc(-c2cccc(-c3nc(-c4cccc5oc6ccccc6c45)nc(-c4cccc5c4c4ccccc4n5-c4cccc5c6ccccc6n(-c6cccc(-c7ccccc7)c6)c45)n3)c2)cc1. The molecule has 0 atom stereocenters. The van der Waals surface area contributed by atoms with E-state index in [1.165, 1.54) is 16.3 Å².